The average Bonchev–Trinajstić information content (AvgIpc) is 3.10. The van der Waals surface area contributed by atoms with Crippen molar-refractivity contribution in [3.63, 3.8) is 0 Å². The number of hydrogen-bond donors (Lipinski definition) is 2. The van der Waals surface area contributed by atoms with Crippen molar-refractivity contribution in [2.24, 2.45) is 0 Å². The summed E-state index contributed by atoms with van der Waals surface area (Å²) in [5.74, 6) is 0. The average molecular weight is 359 g/mol. The van der Waals surface area contributed by atoms with Gasteiger partial charge in [-0.15, -0.1) is 11.3 Å². The lowest BCUT2D eigenvalue weighted by atomic mass is 10.1. The number of benzene rings is 2. The van der Waals surface area contributed by atoms with Crippen LogP contribution in [-0.4, -0.2) is 13.5 Å². The van der Waals surface area contributed by atoms with Gasteiger partial charge in [-0.2, -0.15) is 0 Å². The predicted octanol–water partition coefficient (Wildman–Crippen LogP) is 3.31. The van der Waals surface area contributed by atoms with E-state index in [-0.39, 0.29) is 11.4 Å². The molecule has 1 heterocycles. The van der Waals surface area contributed by atoms with Gasteiger partial charge < -0.3 is 5.11 Å². The molecule has 1 unspecified atom stereocenters. The zero-order valence-corrected chi connectivity index (χ0v) is 14.4. The molecule has 0 radical (unpaired) electrons. The first-order valence-electron chi connectivity index (χ1n) is 7.42. The highest BCUT2D eigenvalue weighted by atomic mass is 32.2. The first-order valence-corrected chi connectivity index (χ1v) is 9.72. The van der Waals surface area contributed by atoms with Crippen LogP contribution in [0.2, 0.25) is 0 Å². The van der Waals surface area contributed by atoms with Gasteiger partial charge in [0.15, 0.2) is 0 Å². The van der Waals surface area contributed by atoms with E-state index < -0.39 is 16.1 Å². The lowest BCUT2D eigenvalue weighted by Crippen LogP contribution is -2.22. The SMILES string of the molecule is O=S(=O)(NCc1ccc(C(O)c2ccccc2)s1)c1ccccc1. The molecule has 0 aliphatic heterocycles. The van der Waals surface area contributed by atoms with Crippen molar-refractivity contribution in [2.75, 3.05) is 0 Å². The predicted molar refractivity (Wildman–Crippen MR) is 95.3 cm³/mol. The number of rotatable bonds is 6. The minimum Gasteiger partial charge on any atom is -0.383 e. The molecule has 4 nitrogen and oxygen atoms in total. The van der Waals surface area contributed by atoms with Crippen LogP contribution < -0.4 is 4.72 Å². The molecule has 3 aromatic rings. The Hall–Kier alpha value is -1.99. The number of hydrogen-bond acceptors (Lipinski definition) is 4. The van der Waals surface area contributed by atoms with Gasteiger partial charge in [-0.25, -0.2) is 13.1 Å². The van der Waals surface area contributed by atoms with Gasteiger partial charge in [-0.05, 0) is 29.8 Å². The van der Waals surface area contributed by atoms with Gasteiger partial charge in [0.2, 0.25) is 10.0 Å². The Morgan fingerprint density at radius 2 is 1.54 bits per heavy atom. The molecule has 124 valence electrons. The number of aliphatic hydroxyl groups is 1. The van der Waals surface area contributed by atoms with Crippen LogP contribution in [0, 0.1) is 0 Å². The molecule has 24 heavy (non-hydrogen) atoms. The maximum Gasteiger partial charge on any atom is 0.240 e. The highest BCUT2D eigenvalue weighted by Crippen LogP contribution is 2.28. The smallest absolute Gasteiger partial charge is 0.240 e. The third-order valence-electron chi connectivity index (χ3n) is 3.56. The zero-order chi connectivity index (χ0) is 17.0. The highest BCUT2D eigenvalue weighted by Gasteiger charge is 2.15. The minimum absolute atomic E-state index is 0.198. The van der Waals surface area contributed by atoms with Gasteiger partial charge in [0.05, 0.1) is 4.90 Å². The second-order valence-electron chi connectivity index (χ2n) is 5.25. The monoisotopic (exact) mass is 359 g/mol. The van der Waals surface area contributed by atoms with E-state index in [2.05, 4.69) is 4.72 Å². The second-order valence-corrected chi connectivity index (χ2v) is 8.22. The van der Waals surface area contributed by atoms with Crippen LogP contribution in [0.1, 0.15) is 21.4 Å². The van der Waals surface area contributed by atoms with Crippen LogP contribution in [0.25, 0.3) is 0 Å². The van der Waals surface area contributed by atoms with Crippen LogP contribution in [0.5, 0.6) is 0 Å². The maximum atomic E-state index is 12.2. The van der Waals surface area contributed by atoms with Crippen LogP contribution in [-0.2, 0) is 16.6 Å². The molecule has 1 atom stereocenters. The third-order valence-corrected chi connectivity index (χ3v) is 6.11. The van der Waals surface area contributed by atoms with Crippen molar-refractivity contribution >= 4 is 21.4 Å². The fourth-order valence-corrected chi connectivity index (χ4v) is 4.37. The molecule has 0 saturated carbocycles. The number of nitrogens with one attached hydrogen (secondary N) is 1. The van der Waals surface area contributed by atoms with Gasteiger partial charge in [-0.3, -0.25) is 0 Å². The summed E-state index contributed by atoms with van der Waals surface area (Å²) in [6.07, 6.45) is -0.698. The van der Waals surface area contributed by atoms with Gasteiger partial charge in [0.1, 0.15) is 6.10 Å². The summed E-state index contributed by atoms with van der Waals surface area (Å²) in [6.45, 7) is 0.198. The number of aliphatic hydroxyl groups excluding tert-OH is 1. The summed E-state index contributed by atoms with van der Waals surface area (Å²) in [5, 5.41) is 10.4. The van der Waals surface area contributed by atoms with Crippen LogP contribution in [0.15, 0.2) is 77.7 Å². The van der Waals surface area contributed by atoms with Gasteiger partial charge in [0.25, 0.3) is 0 Å². The Bertz CT molecular complexity index is 890. The molecule has 6 heteroatoms. The van der Waals surface area contributed by atoms with Crippen molar-refractivity contribution in [3.05, 3.63) is 88.1 Å². The summed E-state index contributed by atoms with van der Waals surface area (Å²) >= 11 is 1.39. The summed E-state index contributed by atoms with van der Waals surface area (Å²) in [6, 6.07) is 21.3. The van der Waals surface area contributed by atoms with Crippen molar-refractivity contribution in [3.8, 4) is 0 Å². The molecule has 0 aliphatic carbocycles. The van der Waals surface area contributed by atoms with Gasteiger partial charge >= 0.3 is 0 Å². The van der Waals surface area contributed by atoms with Crippen molar-refractivity contribution < 1.29 is 13.5 Å². The van der Waals surface area contributed by atoms with Crippen molar-refractivity contribution in [1.29, 1.82) is 0 Å². The lowest BCUT2D eigenvalue weighted by molar-refractivity contribution is 0.224. The molecular weight excluding hydrogens is 342 g/mol. The summed E-state index contributed by atoms with van der Waals surface area (Å²) in [4.78, 5) is 1.88. The van der Waals surface area contributed by atoms with E-state index in [0.717, 1.165) is 15.3 Å². The molecular formula is C18H17NO3S2. The molecule has 3 rings (SSSR count). The van der Waals surface area contributed by atoms with Crippen molar-refractivity contribution in [1.82, 2.24) is 4.72 Å². The Labute approximate surface area is 145 Å². The van der Waals surface area contributed by atoms with Crippen molar-refractivity contribution in [2.45, 2.75) is 17.5 Å². The van der Waals surface area contributed by atoms with E-state index in [1.165, 1.54) is 11.3 Å². The van der Waals surface area contributed by atoms with Gasteiger partial charge in [0, 0.05) is 16.3 Å². The Balaban J connectivity index is 1.69. The van der Waals surface area contributed by atoms with E-state index in [1.807, 2.05) is 42.5 Å². The normalized spacial score (nSPS) is 12.9. The van der Waals surface area contributed by atoms with E-state index >= 15 is 0 Å². The van der Waals surface area contributed by atoms with Crippen LogP contribution in [0.4, 0.5) is 0 Å². The molecule has 0 spiro atoms. The summed E-state index contributed by atoms with van der Waals surface area (Å²) in [7, 11) is -3.53. The number of thiophene rings is 1. The lowest BCUT2D eigenvalue weighted by Gasteiger charge is -2.08. The van der Waals surface area contributed by atoms with E-state index in [0.29, 0.717) is 0 Å². The summed E-state index contributed by atoms with van der Waals surface area (Å²) in [5.41, 5.74) is 0.816. The topological polar surface area (TPSA) is 66.4 Å². The second kappa shape index (κ2) is 7.27. The Kier molecular flexibility index (Phi) is 5.11. The largest absolute Gasteiger partial charge is 0.383 e. The number of sulfonamides is 1. The first kappa shape index (κ1) is 16.9. The van der Waals surface area contributed by atoms with E-state index in [9.17, 15) is 13.5 Å². The molecule has 1 aromatic heterocycles. The van der Waals surface area contributed by atoms with Crippen LogP contribution in [0.3, 0.4) is 0 Å². The molecule has 0 saturated heterocycles. The Morgan fingerprint density at radius 3 is 2.21 bits per heavy atom. The fourth-order valence-electron chi connectivity index (χ4n) is 2.29. The molecule has 0 aliphatic rings. The van der Waals surface area contributed by atoms with Gasteiger partial charge in [-0.1, -0.05) is 48.5 Å². The molecule has 0 amide bonds. The standard InChI is InChI=1S/C18H17NO3S2/c20-18(14-7-3-1-4-8-14)17-12-11-15(23-17)13-19-24(21,22)16-9-5-2-6-10-16/h1-12,18-20H,13H2. The molecule has 2 aromatic carbocycles. The van der Waals surface area contributed by atoms with E-state index in [1.54, 1.807) is 30.3 Å². The third kappa shape index (κ3) is 3.91. The van der Waals surface area contributed by atoms with E-state index in [4.69, 9.17) is 0 Å². The molecule has 0 fully saturated rings. The fraction of sp³-hybridized carbons (Fsp3) is 0.111. The zero-order valence-electron chi connectivity index (χ0n) is 12.8. The molecule has 0 bridgehead atoms. The maximum absolute atomic E-state index is 12.2. The molecule has 2 N–H and O–H groups in total. The quantitative estimate of drug-likeness (QED) is 0.710. The first-order chi connectivity index (χ1) is 11.6. The summed E-state index contributed by atoms with van der Waals surface area (Å²) < 4.78 is 27.0. The van der Waals surface area contributed by atoms with Crippen LogP contribution >= 0.6 is 11.3 Å². The highest BCUT2D eigenvalue weighted by molar-refractivity contribution is 7.89. The Morgan fingerprint density at radius 1 is 0.917 bits per heavy atom. The minimum atomic E-state index is -3.53.